The van der Waals surface area contributed by atoms with E-state index in [1.54, 1.807) is 25.1 Å². The van der Waals surface area contributed by atoms with E-state index in [9.17, 15) is 13.6 Å². The molecule has 164 valence electrons. The summed E-state index contributed by atoms with van der Waals surface area (Å²) >= 11 is 0. The standard InChI is InChI=1S/C22H24F2N4O3/c1-3-30-21(29)15-12-18-20(25-13-15)19(14-5-4-6-17(11-14)31-22(23)24)26-28(18)16-7-9-27(2)10-8-16/h4-6,11-13,16,22H,3,7-10H2,1-2H3. The Kier molecular flexibility index (Phi) is 6.13. The van der Waals surface area contributed by atoms with Gasteiger partial charge in [0.15, 0.2) is 0 Å². The van der Waals surface area contributed by atoms with Crippen LogP contribution in [0.5, 0.6) is 5.75 Å². The number of benzene rings is 1. The molecule has 1 aliphatic heterocycles. The third-order valence-electron chi connectivity index (χ3n) is 5.42. The molecule has 1 fully saturated rings. The number of piperidine rings is 1. The van der Waals surface area contributed by atoms with Crippen LogP contribution in [0.1, 0.15) is 36.2 Å². The van der Waals surface area contributed by atoms with Gasteiger partial charge in [-0.2, -0.15) is 13.9 Å². The van der Waals surface area contributed by atoms with Crippen molar-refractivity contribution in [3.05, 3.63) is 42.1 Å². The number of alkyl halides is 2. The van der Waals surface area contributed by atoms with E-state index in [1.165, 1.54) is 18.3 Å². The van der Waals surface area contributed by atoms with E-state index < -0.39 is 12.6 Å². The van der Waals surface area contributed by atoms with E-state index in [0.717, 1.165) is 31.4 Å². The van der Waals surface area contributed by atoms with Crippen molar-refractivity contribution in [3.8, 4) is 17.0 Å². The Morgan fingerprint density at radius 3 is 2.74 bits per heavy atom. The Balaban J connectivity index is 1.81. The first-order chi connectivity index (χ1) is 15.0. The molecule has 0 amide bonds. The molecule has 31 heavy (non-hydrogen) atoms. The molecule has 0 spiro atoms. The molecule has 1 saturated heterocycles. The molecule has 0 unspecified atom stereocenters. The van der Waals surface area contributed by atoms with E-state index >= 15 is 0 Å². The number of nitrogens with zero attached hydrogens (tertiary/aromatic N) is 4. The van der Waals surface area contributed by atoms with Crippen LogP contribution in [-0.4, -0.2) is 59.0 Å². The van der Waals surface area contributed by atoms with Crippen molar-refractivity contribution >= 4 is 17.0 Å². The Morgan fingerprint density at radius 1 is 1.26 bits per heavy atom. The molecule has 3 heterocycles. The van der Waals surface area contributed by atoms with Crippen LogP contribution in [0.2, 0.25) is 0 Å². The summed E-state index contributed by atoms with van der Waals surface area (Å²) in [7, 11) is 2.08. The smallest absolute Gasteiger partial charge is 0.387 e. The zero-order valence-corrected chi connectivity index (χ0v) is 17.4. The highest BCUT2D eigenvalue weighted by molar-refractivity contribution is 5.96. The van der Waals surface area contributed by atoms with Crippen LogP contribution >= 0.6 is 0 Å². The van der Waals surface area contributed by atoms with Crippen molar-refractivity contribution in [2.75, 3.05) is 26.7 Å². The van der Waals surface area contributed by atoms with Crippen LogP contribution in [0.3, 0.4) is 0 Å². The highest BCUT2D eigenvalue weighted by Crippen LogP contribution is 2.33. The van der Waals surface area contributed by atoms with Gasteiger partial charge in [0, 0.05) is 11.8 Å². The maximum atomic E-state index is 12.7. The summed E-state index contributed by atoms with van der Waals surface area (Å²) in [6, 6.07) is 8.30. The van der Waals surface area contributed by atoms with Gasteiger partial charge in [0.05, 0.1) is 23.7 Å². The van der Waals surface area contributed by atoms with Crippen molar-refractivity contribution < 1.29 is 23.0 Å². The Morgan fingerprint density at radius 2 is 2.03 bits per heavy atom. The summed E-state index contributed by atoms with van der Waals surface area (Å²) in [5.41, 5.74) is 2.84. The predicted molar refractivity (Wildman–Crippen MR) is 111 cm³/mol. The zero-order valence-electron chi connectivity index (χ0n) is 17.4. The lowest BCUT2D eigenvalue weighted by atomic mass is 10.1. The predicted octanol–water partition coefficient (Wildman–Crippen LogP) is 4.14. The van der Waals surface area contributed by atoms with Crippen molar-refractivity contribution in [3.63, 3.8) is 0 Å². The summed E-state index contributed by atoms with van der Waals surface area (Å²) in [4.78, 5) is 19.0. The summed E-state index contributed by atoms with van der Waals surface area (Å²) in [5, 5.41) is 4.82. The van der Waals surface area contributed by atoms with E-state index in [2.05, 4.69) is 21.7 Å². The van der Waals surface area contributed by atoms with Gasteiger partial charge in [0.2, 0.25) is 0 Å². The van der Waals surface area contributed by atoms with Crippen LogP contribution in [0.15, 0.2) is 36.5 Å². The molecule has 3 aromatic rings. The molecule has 1 aromatic carbocycles. The lowest BCUT2D eigenvalue weighted by Crippen LogP contribution is -2.31. The Hall–Kier alpha value is -3.07. The number of fused-ring (bicyclic) bond motifs is 1. The van der Waals surface area contributed by atoms with Gasteiger partial charge in [-0.1, -0.05) is 12.1 Å². The van der Waals surface area contributed by atoms with Gasteiger partial charge in [-0.15, -0.1) is 0 Å². The first-order valence-electron chi connectivity index (χ1n) is 10.3. The minimum absolute atomic E-state index is 0.0534. The van der Waals surface area contributed by atoms with E-state index in [-0.39, 0.29) is 18.4 Å². The molecule has 7 nitrogen and oxygen atoms in total. The minimum atomic E-state index is -2.91. The molecular formula is C22H24F2N4O3. The fourth-order valence-electron chi connectivity index (χ4n) is 3.88. The molecule has 0 N–H and O–H groups in total. The molecule has 0 bridgehead atoms. The second-order valence-electron chi connectivity index (χ2n) is 7.55. The largest absolute Gasteiger partial charge is 0.462 e. The van der Waals surface area contributed by atoms with Crippen molar-refractivity contribution in [1.29, 1.82) is 0 Å². The first kappa shape index (κ1) is 21.2. The van der Waals surface area contributed by atoms with Gasteiger partial charge >= 0.3 is 12.6 Å². The van der Waals surface area contributed by atoms with Crippen LogP contribution < -0.4 is 4.74 Å². The van der Waals surface area contributed by atoms with Crippen LogP contribution in [0, 0.1) is 0 Å². The van der Waals surface area contributed by atoms with Gasteiger partial charge in [0.1, 0.15) is 17.0 Å². The molecule has 4 rings (SSSR count). The fourth-order valence-corrected chi connectivity index (χ4v) is 3.88. The van der Waals surface area contributed by atoms with Gasteiger partial charge in [0.25, 0.3) is 0 Å². The number of carbonyl (C=O) groups excluding carboxylic acids is 1. The number of hydrogen-bond acceptors (Lipinski definition) is 6. The fraction of sp³-hybridized carbons (Fsp3) is 0.409. The van der Waals surface area contributed by atoms with Crippen LogP contribution in [0.4, 0.5) is 8.78 Å². The van der Waals surface area contributed by atoms with Gasteiger partial charge in [-0.05, 0) is 58.1 Å². The summed E-state index contributed by atoms with van der Waals surface area (Å²) in [5.74, 6) is -0.389. The van der Waals surface area contributed by atoms with E-state index in [0.29, 0.717) is 22.3 Å². The summed E-state index contributed by atoms with van der Waals surface area (Å²) in [6.07, 6.45) is 3.28. The van der Waals surface area contributed by atoms with Gasteiger partial charge in [-0.3, -0.25) is 9.67 Å². The average Bonchev–Trinajstić information content (AvgIpc) is 3.13. The van der Waals surface area contributed by atoms with Crippen LogP contribution in [-0.2, 0) is 4.74 Å². The molecule has 0 radical (unpaired) electrons. The van der Waals surface area contributed by atoms with E-state index in [1.807, 2.05) is 4.68 Å². The number of carbonyl (C=O) groups is 1. The van der Waals surface area contributed by atoms with Crippen LogP contribution in [0.25, 0.3) is 22.3 Å². The number of pyridine rings is 1. The number of hydrogen-bond donors (Lipinski definition) is 0. The highest BCUT2D eigenvalue weighted by Gasteiger charge is 2.24. The topological polar surface area (TPSA) is 69.5 Å². The first-order valence-corrected chi connectivity index (χ1v) is 10.3. The minimum Gasteiger partial charge on any atom is -0.462 e. The van der Waals surface area contributed by atoms with Crippen molar-refractivity contribution in [1.82, 2.24) is 19.7 Å². The number of rotatable bonds is 6. The SMILES string of the molecule is CCOC(=O)c1cnc2c(-c3cccc(OC(F)F)c3)nn(C3CCN(C)CC3)c2c1. The van der Waals surface area contributed by atoms with Crippen molar-refractivity contribution in [2.24, 2.45) is 0 Å². The Labute approximate surface area is 178 Å². The summed E-state index contributed by atoms with van der Waals surface area (Å²) in [6.45, 7) is 0.981. The number of likely N-dealkylation sites (tertiary alicyclic amines) is 1. The molecule has 1 aliphatic rings. The second-order valence-corrected chi connectivity index (χ2v) is 7.55. The molecular weight excluding hydrogens is 406 g/mol. The normalized spacial score (nSPS) is 15.5. The number of ether oxygens (including phenoxy) is 2. The third-order valence-corrected chi connectivity index (χ3v) is 5.42. The molecule has 9 heteroatoms. The second kappa shape index (κ2) is 8.97. The lowest BCUT2D eigenvalue weighted by Gasteiger charge is -2.29. The molecule has 0 aliphatic carbocycles. The third kappa shape index (κ3) is 4.51. The van der Waals surface area contributed by atoms with E-state index in [4.69, 9.17) is 9.84 Å². The highest BCUT2D eigenvalue weighted by atomic mass is 19.3. The zero-order chi connectivity index (χ0) is 22.0. The van der Waals surface area contributed by atoms with Crippen molar-refractivity contribution in [2.45, 2.75) is 32.4 Å². The maximum absolute atomic E-state index is 12.7. The number of halogens is 2. The molecule has 2 aromatic heterocycles. The lowest BCUT2D eigenvalue weighted by molar-refractivity contribution is -0.0498. The molecule has 0 atom stereocenters. The maximum Gasteiger partial charge on any atom is 0.387 e. The average molecular weight is 430 g/mol. The van der Waals surface area contributed by atoms with Gasteiger partial charge < -0.3 is 14.4 Å². The summed E-state index contributed by atoms with van der Waals surface area (Å²) < 4.78 is 36.9. The van der Waals surface area contributed by atoms with Gasteiger partial charge in [-0.25, -0.2) is 4.79 Å². The number of aromatic nitrogens is 3. The quantitative estimate of drug-likeness (QED) is 0.548. The molecule has 0 saturated carbocycles. The Bertz CT molecular complexity index is 1080. The number of esters is 1. The monoisotopic (exact) mass is 430 g/mol.